The van der Waals surface area contributed by atoms with Gasteiger partial charge >= 0.3 is 0 Å². The molecule has 1 fully saturated rings. The number of carbonyl (C=O) groups is 1. The second kappa shape index (κ2) is 11.2. The molecule has 0 radical (unpaired) electrons. The first kappa shape index (κ1) is 25.2. The number of aliphatic imine (C=N–C) groups is 1. The Morgan fingerprint density at radius 3 is 2.46 bits per heavy atom. The third-order valence-corrected chi connectivity index (χ3v) is 7.14. The van der Waals surface area contributed by atoms with Crippen LogP contribution in [0.25, 0.3) is 6.08 Å². The van der Waals surface area contributed by atoms with Crippen molar-refractivity contribution in [2.45, 2.75) is 20.0 Å². The van der Waals surface area contributed by atoms with Crippen molar-refractivity contribution in [1.82, 2.24) is 5.32 Å². The van der Waals surface area contributed by atoms with Crippen molar-refractivity contribution in [3.05, 3.63) is 101 Å². The number of halogens is 2. The molecule has 0 bridgehead atoms. The summed E-state index contributed by atoms with van der Waals surface area (Å²) in [4.78, 5) is 28.1. The number of nitro groups is 1. The number of amides is 1. The number of thioether (sulfide) groups is 1. The molecule has 0 aliphatic carbocycles. The highest BCUT2D eigenvalue weighted by Crippen LogP contribution is 2.37. The van der Waals surface area contributed by atoms with Crippen molar-refractivity contribution in [3.63, 3.8) is 0 Å². The average Bonchev–Trinajstić information content (AvgIpc) is 3.17. The van der Waals surface area contributed by atoms with E-state index in [4.69, 9.17) is 4.74 Å². The molecule has 1 saturated heterocycles. The lowest BCUT2D eigenvalue weighted by Crippen LogP contribution is -2.19. The van der Waals surface area contributed by atoms with Crippen LogP contribution in [0.2, 0.25) is 0 Å². The molecule has 0 unspecified atom stereocenters. The number of benzene rings is 3. The summed E-state index contributed by atoms with van der Waals surface area (Å²) in [5, 5.41) is 14.3. The predicted octanol–water partition coefficient (Wildman–Crippen LogP) is 7.15. The van der Waals surface area contributed by atoms with E-state index in [1.807, 2.05) is 36.4 Å². The fourth-order valence-corrected chi connectivity index (χ4v) is 5.56. The van der Waals surface area contributed by atoms with Gasteiger partial charge in [0.05, 0.1) is 24.5 Å². The molecule has 0 atom stereocenters. The van der Waals surface area contributed by atoms with E-state index in [0.29, 0.717) is 30.3 Å². The van der Waals surface area contributed by atoms with Gasteiger partial charge in [-0.05, 0) is 97.1 Å². The first-order chi connectivity index (χ1) is 16.8. The molecule has 1 amide bonds. The number of ether oxygens (including phenoxy) is 1. The first-order valence-electron chi connectivity index (χ1n) is 10.6. The lowest BCUT2D eigenvalue weighted by atomic mass is 10.2. The quantitative estimate of drug-likeness (QED) is 0.173. The van der Waals surface area contributed by atoms with Gasteiger partial charge < -0.3 is 10.1 Å². The Kier molecular flexibility index (Phi) is 8.04. The number of non-ortho nitro benzene ring substituents is 1. The van der Waals surface area contributed by atoms with Crippen molar-refractivity contribution in [2.24, 2.45) is 4.99 Å². The van der Waals surface area contributed by atoms with E-state index in [1.165, 1.54) is 29.5 Å². The highest BCUT2D eigenvalue weighted by atomic mass is 79.9. The van der Waals surface area contributed by atoms with Gasteiger partial charge in [0, 0.05) is 12.1 Å². The summed E-state index contributed by atoms with van der Waals surface area (Å²) in [6.07, 6.45) is 2.74. The highest BCUT2D eigenvalue weighted by Gasteiger charge is 2.24. The Morgan fingerprint density at radius 2 is 1.80 bits per heavy atom. The van der Waals surface area contributed by atoms with E-state index in [9.17, 15) is 14.9 Å². The summed E-state index contributed by atoms with van der Waals surface area (Å²) >= 11 is 8.31. The molecule has 1 N–H and O–H groups in total. The molecule has 7 nitrogen and oxygen atoms in total. The van der Waals surface area contributed by atoms with E-state index < -0.39 is 4.92 Å². The lowest BCUT2D eigenvalue weighted by Gasteiger charge is -2.11. The van der Waals surface area contributed by atoms with Crippen LogP contribution in [0.5, 0.6) is 5.75 Å². The maximum absolute atomic E-state index is 12.5. The molecule has 0 saturated carbocycles. The molecule has 35 heavy (non-hydrogen) atoms. The number of nitrogens with zero attached hydrogens (tertiary/aromatic N) is 2. The summed E-state index contributed by atoms with van der Waals surface area (Å²) in [6.45, 7) is 2.26. The number of hydrogen-bond acceptors (Lipinski definition) is 6. The number of hydrogen-bond donors (Lipinski definition) is 1. The summed E-state index contributed by atoms with van der Waals surface area (Å²) < 4.78 is 7.25. The molecular formula is C25H19Br2N3O4S. The molecule has 1 aliphatic heterocycles. The number of amidine groups is 1. The normalized spacial score (nSPS) is 15.5. The Hall–Kier alpha value is -2.95. The maximum Gasteiger partial charge on any atom is 0.269 e. The molecular weight excluding hydrogens is 598 g/mol. The minimum Gasteiger partial charge on any atom is -0.487 e. The summed E-state index contributed by atoms with van der Waals surface area (Å²) in [7, 11) is 0. The zero-order valence-electron chi connectivity index (χ0n) is 18.5. The number of nitrogens with one attached hydrogen (secondary N) is 1. The van der Waals surface area contributed by atoms with E-state index >= 15 is 0 Å². The SMILES string of the molecule is CCc1ccc(N=C2NC(=O)/C(=C/c3cc(Br)c(OCc4cccc([N+](=O)[O-])c4)c(Br)c3)S2)cc1. The zero-order valence-corrected chi connectivity index (χ0v) is 22.4. The molecule has 1 aliphatic rings. The largest absolute Gasteiger partial charge is 0.487 e. The van der Waals surface area contributed by atoms with Crippen molar-refractivity contribution in [3.8, 4) is 5.75 Å². The first-order valence-corrected chi connectivity index (χ1v) is 13.0. The number of rotatable bonds is 7. The summed E-state index contributed by atoms with van der Waals surface area (Å²) in [5.41, 5.74) is 3.49. The van der Waals surface area contributed by atoms with Crippen LogP contribution in [0, 0.1) is 10.1 Å². The van der Waals surface area contributed by atoms with E-state index in [2.05, 4.69) is 49.1 Å². The van der Waals surface area contributed by atoms with Crippen LogP contribution in [-0.4, -0.2) is 16.0 Å². The van der Waals surface area contributed by atoms with Gasteiger partial charge in [0.2, 0.25) is 0 Å². The monoisotopic (exact) mass is 615 g/mol. The standard InChI is InChI=1S/C25H19Br2N3O4S/c1-2-15-6-8-18(9-7-15)28-25-29-24(31)22(35-25)13-17-11-20(26)23(21(27)12-17)34-14-16-4-3-5-19(10-16)30(32)33/h3-13H,2,14H2,1H3,(H,28,29,31)/b22-13-. The molecule has 10 heteroatoms. The van der Waals surface area contributed by atoms with Crippen LogP contribution < -0.4 is 10.1 Å². The number of nitro benzene ring substituents is 1. The van der Waals surface area contributed by atoms with Crippen molar-refractivity contribution in [1.29, 1.82) is 0 Å². The molecule has 0 spiro atoms. The molecule has 3 aromatic rings. The van der Waals surface area contributed by atoms with Crippen LogP contribution in [-0.2, 0) is 17.8 Å². The number of aryl methyl sites for hydroxylation is 1. The van der Waals surface area contributed by atoms with Crippen LogP contribution >= 0.6 is 43.6 Å². The molecule has 3 aromatic carbocycles. The average molecular weight is 617 g/mol. The summed E-state index contributed by atoms with van der Waals surface area (Å²) in [5.74, 6) is 0.345. The Labute approximate surface area is 223 Å². The van der Waals surface area contributed by atoms with Gasteiger partial charge in [-0.3, -0.25) is 14.9 Å². The topological polar surface area (TPSA) is 93.8 Å². The van der Waals surface area contributed by atoms with Crippen molar-refractivity contribution in [2.75, 3.05) is 0 Å². The summed E-state index contributed by atoms with van der Waals surface area (Å²) in [6, 6.07) is 17.9. The van der Waals surface area contributed by atoms with Gasteiger partial charge in [0.25, 0.3) is 11.6 Å². The van der Waals surface area contributed by atoms with Crippen LogP contribution in [0.15, 0.2) is 79.5 Å². The van der Waals surface area contributed by atoms with Crippen LogP contribution in [0.3, 0.4) is 0 Å². The second-order valence-corrected chi connectivity index (χ2v) is 10.3. The molecule has 0 aromatic heterocycles. The van der Waals surface area contributed by atoms with Gasteiger partial charge in [-0.2, -0.15) is 0 Å². The maximum atomic E-state index is 12.5. The van der Waals surface area contributed by atoms with Crippen molar-refractivity contribution >= 4 is 72.1 Å². The third-order valence-electron chi connectivity index (χ3n) is 5.05. The Balaban J connectivity index is 1.48. The minimum atomic E-state index is -0.438. The fraction of sp³-hybridized carbons (Fsp3) is 0.120. The predicted molar refractivity (Wildman–Crippen MR) is 146 cm³/mol. The number of carbonyl (C=O) groups excluding carboxylic acids is 1. The van der Waals surface area contributed by atoms with Crippen molar-refractivity contribution < 1.29 is 14.5 Å². The van der Waals surface area contributed by atoms with Gasteiger partial charge in [-0.15, -0.1) is 0 Å². The third kappa shape index (κ3) is 6.39. The Bertz CT molecular complexity index is 1330. The van der Waals surface area contributed by atoms with Gasteiger partial charge in [0.1, 0.15) is 12.4 Å². The second-order valence-electron chi connectivity index (χ2n) is 7.53. The lowest BCUT2D eigenvalue weighted by molar-refractivity contribution is -0.384. The smallest absolute Gasteiger partial charge is 0.269 e. The van der Waals surface area contributed by atoms with Gasteiger partial charge in [0.15, 0.2) is 5.17 Å². The van der Waals surface area contributed by atoms with Gasteiger partial charge in [-0.1, -0.05) is 31.2 Å². The van der Waals surface area contributed by atoms with Gasteiger partial charge in [-0.25, -0.2) is 4.99 Å². The molecule has 1 heterocycles. The minimum absolute atomic E-state index is 0.0134. The molecule has 178 valence electrons. The van der Waals surface area contributed by atoms with Crippen LogP contribution in [0.4, 0.5) is 11.4 Å². The highest BCUT2D eigenvalue weighted by molar-refractivity contribution is 9.11. The van der Waals surface area contributed by atoms with E-state index in [-0.39, 0.29) is 18.2 Å². The zero-order chi connectivity index (χ0) is 24.9. The van der Waals surface area contributed by atoms with E-state index in [0.717, 1.165) is 17.7 Å². The molecule has 4 rings (SSSR count). The fourth-order valence-electron chi connectivity index (χ4n) is 3.27. The van der Waals surface area contributed by atoms with Crippen LogP contribution in [0.1, 0.15) is 23.6 Å². The van der Waals surface area contributed by atoms with E-state index in [1.54, 1.807) is 18.2 Å². The Morgan fingerprint density at radius 1 is 1.09 bits per heavy atom.